The van der Waals surface area contributed by atoms with Gasteiger partial charge in [0.2, 0.25) is 0 Å². The van der Waals surface area contributed by atoms with Gasteiger partial charge >= 0.3 is 0 Å². The Kier molecular flexibility index (Phi) is 6.36. The second-order valence-corrected chi connectivity index (χ2v) is 7.60. The van der Waals surface area contributed by atoms with Crippen LogP contribution in [0.25, 0.3) is 5.76 Å². The van der Waals surface area contributed by atoms with Gasteiger partial charge in [0.25, 0.3) is 11.7 Å². The number of aliphatic hydroxyl groups excluding tert-OH is 1. The molecule has 5 heteroatoms. The number of aliphatic hydroxyl groups is 1. The number of rotatable bonds is 7. The fraction of sp³-hybridized carbons (Fsp3) is 0.185. The number of carbonyl (C=O) groups excluding carboxylic acids is 2. The number of carbonyl (C=O) groups is 2. The van der Waals surface area contributed by atoms with Gasteiger partial charge in [-0.1, -0.05) is 72.8 Å². The summed E-state index contributed by atoms with van der Waals surface area (Å²) in [4.78, 5) is 27.7. The molecule has 1 saturated heterocycles. The molecule has 0 bridgehead atoms. The summed E-state index contributed by atoms with van der Waals surface area (Å²) in [6, 6.07) is 25.3. The Hall–Kier alpha value is -3.86. The summed E-state index contributed by atoms with van der Waals surface area (Å²) in [6.07, 6.45) is 0.598. The second kappa shape index (κ2) is 9.52. The van der Waals surface area contributed by atoms with Gasteiger partial charge in [0.15, 0.2) is 0 Å². The third-order valence-corrected chi connectivity index (χ3v) is 5.56. The Morgan fingerprint density at radius 2 is 1.62 bits per heavy atom. The van der Waals surface area contributed by atoms with Gasteiger partial charge in [0.1, 0.15) is 11.5 Å². The van der Waals surface area contributed by atoms with Crippen molar-refractivity contribution in [1.82, 2.24) is 4.90 Å². The van der Waals surface area contributed by atoms with Crippen LogP contribution in [-0.2, 0) is 16.0 Å². The van der Waals surface area contributed by atoms with E-state index in [-0.39, 0.29) is 11.3 Å². The molecule has 162 valence electrons. The first-order valence-corrected chi connectivity index (χ1v) is 10.7. The summed E-state index contributed by atoms with van der Waals surface area (Å²) in [5.74, 6) is -0.798. The minimum absolute atomic E-state index is 0.0999. The molecule has 3 aromatic rings. The van der Waals surface area contributed by atoms with Crippen molar-refractivity contribution < 1.29 is 19.4 Å². The molecule has 32 heavy (non-hydrogen) atoms. The van der Waals surface area contributed by atoms with Crippen molar-refractivity contribution in [2.45, 2.75) is 19.4 Å². The molecule has 1 fully saturated rings. The van der Waals surface area contributed by atoms with Crippen LogP contribution in [0.2, 0.25) is 0 Å². The first kappa shape index (κ1) is 21.4. The van der Waals surface area contributed by atoms with Crippen LogP contribution < -0.4 is 4.74 Å². The normalized spacial score (nSPS) is 17.5. The zero-order valence-corrected chi connectivity index (χ0v) is 17.9. The number of hydrogen-bond acceptors (Lipinski definition) is 4. The molecule has 1 atom stereocenters. The molecule has 0 aliphatic carbocycles. The molecule has 1 aliphatic rings. The molecule has 1 amide bonds. The van der Waals surface area contributed by atoms with E-state index in [1.54, 1.807) is 29.2 Å². The fourth-order valence-corrected chi connectivity index (χ4v) is 4.04. The topological polar surface area (TPSA) is 66.8 Å². The largest absolute Gasteiger partial charge is 0.507 e. The molecule has 1 aliphatic heterocycles. The summed E-state index contributed by atoms with van der Waals surface area (Å²) in [7, 11) is 0. The number of ether oxygens (including phenoxy) is 1. The van der Waals surface area contributed by atoms with Crippen LogP contribution in [0.5, 0.6) is 5.75 Å². The maximum Gasteiger partial charge on any atom is 0.295 e. The Labute approximate surface area is 187 Å². The minimum Gasteiger partial charge on any atom is -0.507 e. The highest BCUT2D eigenvalue weighted by atomic mass is 16.5. The zero-order chi connectivity index (χ0) is 22.5. The number of benzene rings is 3. The van der Waals surface area contributed by atoms with E-state index in [1.807, 2.05) is 67.6 Å². The minimum atomic E-state index is -0.695. The van der Waals surface area contributed by atoms with E-state index in [4.69, 9.17) is 4.74 Å². The SMILES string of the molecule is CCOc1cccc(C2/C(=C(\O)c3ccccc3)C(=O)C(=O)N2CCc2ccccc2)c1. The number of nitrogens with zero attached hydrogens (tertiary/aromatic N) is 1. The van der Waals surface area contributed by atoms with Gasteiger partial charge in [0, 0.05) is 12.1 Å². The van der Waals surface area contributed by atoms with Crippen molar-refractivity contribution >= 4 is 17.4 Å². The van der Waals surface area contributed by atoms with Crippen LogP contribution in [-0.4, -0.2) is 34.8 Å². The molecule has 0 aromatic heterocycles. The van der Waals surface area contributed by atoms with Gasteiger partial charge in [-0.25, -0.2) is 0 Å². The van der Waals surface area contributed by atoms with Crippen LogP contribution in [0.15, 0.2) is 90.5 Å². The molecule has 1 unspecified atom stereocenters. The Balaban J connectivity index is 1.79. The first-order valence-electron chi connectivity index (χ1n) is 10.7. The van der Waals surface area contributed by atoms with Gasteiger partial charge in [0.05, 0.1) is 18.2 Å². The lowest BCUT2D eigenvalue weighted by atomic mass is 9.95. The molecule has 5 nitrogen and oxygen atoms in total. The summed E-state index contributed by atoms with van der Waals surface area (Å²) in [5, 5.41) is 11.1. The van der Waals surface area contributed by atoms with Crippen molar-refractivity contribution in [3.63, 3.8) is 0 Å². The highest BCUT2D eigenvalue weighted by Crippen LogP contribution is 2.40. The lowest BCUT2D eigenvalue weighted by Gasteiger charge is -2.25. The molecule has 0 spiro atoms. The van der Waals surface area contributed by atoms with Crippen LogP contribution in [0.4, 0.5) is 0 Å². The molecular weight excluding hydrogens is 402 g/mol. The number of hydrogen-bond donors (Lipinski definition) is 1. The van der Waals surface area contributed by atoms with E-state index in [2.05, 4.69) is 0 Å². The van der Waals surface area contributed by atoms with Gasteiger partial charge < -0.3 is 14.7 Å². The monoisotopic (exact) mass is 427 g/mol. The molecule has 0 saturated carbocycles. The zero-order valence-electron chi connectivity index (χ0n) is 17.9. The van der Waals surface area contributed by atoms with E-state index in [1.165, 1.54) is 0 Å². The average molecular weight is 428 g/mol. The van der Waals surface area contributed by atoms with Gasteiger partial charge in [-0.2, -0.15) is 0 Å². The molecule has 1 heterocycles. The maximum absolute atomic E-state index is 13.1. The van der Waals surface area contributed by atoms with E-state index < -0.39 is 17.7 Å². The maximum atomic E-state index is 13.1. The summed E-state index contributed by atoms with van der Waals surface area (Å²) in [6.45, 7) is 2.75. The summed E-state index contributed by atoms with van der Waals surface area (Å²) < 4.78 is 5.64. The Bertz CT molecular complexity index is 1140. The predicted molar refractivity (Wildman–Crippen MR) is 123 cm³/mol. The van der Waals surface area contributed by atoms with E-state index in [0.717, 1.165) is 11.1 Å². The van der Waals surface area contributed by atoms with Crippen LogP contribution in [0.3, 0.4) is 0 Å². The molecule has 4 rings (SSSR count). The van der Waals surface area contributed by atoms with Crippen LogP contribution >= 0.6 is 0 Å². The van der Waals surface area contributed by atoms with Crippen molar-refractivity contribution in [2.75, 3.05) is 13.2 Å². The predicted octanol–water partition coefficient (Wildman–Crippen LogP) is 4.75. The van der Waals surface area contributed by atoms with Crippen LogP contribution in [0.1, 0.15) is 29.7 Å². The third-order valence-electron chi connectivity index (χ3n) is 5.56. The van der Waals surface area contributed by atoms with E-state index in [9.17, 15) is 14.7 Å². The van der Waals surface area contributed by atoms with Crippen molar-refractivity contribution in [3.05, 3.63) is 107 Å². The molecular formula is C27H25NO4. The Morgan fingerprint density at radius 1 is 0.938 bits per heavy atom. The number of ketones is 1. The Morgan fingerprint density at radius 3 is 2.31 bits per heavy atom. The average Bonchev–Trinajstić information content (AvgIpc) is 3.09. The molecule has 3 aromatic carbocycles. The summed E-state index contributed by atoms with van der Waals surface area (Å²) >= 11 is 0. The highest BCUT2D eigenvalue weighted by molar-refractivity contribution is 6.46. The quantitative estimate of drug-likeness (QED) is 0.336. The van der Waals surface area contributed by atoms with Crippen LogP contribution in [0, 0.1) is 0 Å². The van der Waals surface area contributed by atoms with Crippen molar-refractivity contribution in [1.29, 1.82) is 0 Å². The van der Waals surface area contributed by atoms with Crippen molar-refractivity contribution in [2.24, 2.45) is 0 Å². The fourth-order valence-electron chi connectivity index (χ4n) is 4.04. The van der Waals surface area contributed by atoms with Gasteiger partial charge in [-0.3, -0.25) is 9.59 Å². The smallest absolute Gasteiger partial charge is 0.295 e. The van der Waals surface area contributed by atoms with E-state index >= 15 is 0 Å². The van der Waals surface area contributed by atoms with Gasteiger partial charge in [-0.15, -0.1) is 0 Å². The number of amides is 1. The number of likely N-dealkylation sites (tertiary alicyclic amines) is 1. The second-order valence-electron chi connectivity index (χ2n) is 7.60. The lowest BCUT2D eigenvalue weighted by Crippen LogP contribution is -2.31. The number of Topliss-reactive ketones (excluding diaryl/α,β-unsaturated/α-hetero) is 1. The lowest BCUT2D eigenvalue weighted by molar-refractivity contribution is -0.139. The standard InChI is InChI=1S/C27H25NO4/c1-2-32-22-15-9-14-21(18-22)24-23(25(29)20-12-7-4-8-13-20)26(30)27(31)28(24)17-16-19-10-5-3-6-11-19/h3-15,18,24,29H,2,16-17H2,1H3/b25-23+. The first-order chi connectivity index (χ1) is 15.6. The van der Waals surface area contributed by atoms with Crippen molar-refractivity contribution in [3.8, 4) is 5.75 Å². The highest BCUT2D eigenvalue weighted by Gasteiger charge is 2.45. The third kappa shape index (κ3) is 4.28. The summed E-state index contributed by atoms with van der Waals surface area (Å²) in [5.41, 5.74) is 2.39. The van der Waals surface area contributed by atoms with Gasteiger partial charge in [-0.05, 0) is 36.6 Å². The van der Waals surface area contributed by atoms with E-state index in [0.29, 0.717) is 30.9 Å². The molecule has 0 radical (unpaired) electrons. The molecule has 1 N–H and O–H groups in total.